The first-order valence-corrected chi connectivity index (χ1v) is 10.6. The number of aryl methyl sites for hydroxylation is 2. The summed E-state index contributed by atoms with van der Waals surface area (Å²) in [6.45, 7) is 3.97. The average Bonchev–Trinajstić information content (AvgIpc) is 3.32. The summed E-state index contributed by atoms with van der Waals surface area (Å²) in [6, 6.07) is 22.3. The van der Waals surface area contributed by atoms with Gasteiger partial charge in [-0.25, -0.2) is 9.96 Å². The molecule has 3 atom stereocenters. The first kappa shape index (κ1) is 20.3. The molecule has 2 heterocycles. The molecule has 3 aromatic carbocycles. The second-order valence-corrected chi connectivity index (χ2v) is 8.21. The molecule has 6 nitrogen and oxygen atoms in total. The molecule has 2 saturated heterocycles. The molecule has 2 aliphatic heterocycles. The lowest BCUT2D eigenvalue weighted by molar-refractivity contribution is -0.126. The van der Waals surface area contributed by atoms with E-state index >= 15 is 0 Å². The minimum atomic E-state index is -0.878. The van der Waals surface area contributed by atoms with E-state index in [1.807, 2.05) is 86.6 Å². The van der Waals surface area contributed by atoms with Gasteiger partial charge in [0.15, 0.2) is 6.10 Å². The fourth-order valence-electron chi connectivity index (χ4n) is 4.48. The third-order valence-electron chi connectivity index (χ3n) is 6.33. The van der Waals surface area contributed by atoms with E-state index in [4.69, 9.17) is 9.57 Å². The van der Waals surface area contributed by atoms with Crippen molar-refractivity contribution in [3.05, 3.63) is 89.5 Å². The number of methoxy groups -OCH3 is 1. The van der Waals surface area contributed by atoms with Crippen LogP contribution in [0, 0.1) is 19.8 Å². The number of hydrogen-bond acceptors (Lipinski definition) is 5. The number of carbonyl (C=O) groups excluding carboxylic acids is 2. The average molecular weight is 428 g/mol. The van der Waals surface area contributed by atoms with Crippen LogP contribution in [0.3, 0.4) is 0 Å². The molecule has 2 amide bonds. The summed E-state index contributed by atoms with van der Waals surface area (Å²) >= 11 is 0. The van der Waals surface area contributed by atoms with Crippen LogP contribution in [0.5, 0.6) is 5.75 Å². The summed E-state index contributed by atoms with van der Waals surface area (Å²) < 4.78 is 5.26. The Labute approximate surface area is 186 Å². The van der Waals surface area contributed by atoms with E-state index in [-0.39, 0.29) is 11.8 Å². The normalized spacial score (nSPS) is 22.4. The molecule has 32 heavy (non-hydrogen) atoms. The third kappa shape index (κ3) is 3.15. The van der Waals surface area contributed by atoms with Crippen molar-refractivity contribution in [3.63, 3.8) is 0 Å². The highest BCUT2D eigenvalue weighted by atomic mass is 16.7. The molecule has 2 aliphatic rings. The lowest BCUT2D eigenvalue weighted by Crippen LogP contribution is -2.37. The predicted molar refractivity (Wildman–Crippen MR) is 121 cm³/mol. The van der Waals surface area contributed by atoms with Crippen molar-refractivity contribution in [1.82, 2.24) is 0 Å². The number of anilines is 2. The smallest absolute Gasteiger partial charge is 0.266 e. The van der Waals surface area contributed by atoms with Crippen molar-refractivity contribution in [2.24, 2.45) is 5.92 Å². The highest BCUT2D eigenvalue weighted by Crippen LogP contribution is 2.47. The van der Waals surface area contributed by atoms with Crippen LogP contribution in [0.2, 0.25) is 0 Å². The molecule has 0 aliphatic carbocycles. The van der Waals surface area contributed by atoms with Crippen LogP contribution < -0.4 is 14.7 Å². The standard InChI is InChI=1S/C26H24N2O4/c1-16-9-10-20(15-17(16)2)27-25(29)22-23(18-7-5-4-6-8-18)28(32-24(22)26(27)30)19-11-13-21(31-3)14-12-19/h4-15,22-24H,1-3H3/t22-,23-,24+/m1/s1. The minimum absolute atomic E-state index is 0.242. The van der Waals surface area contributed by atoms with Gasteiger partial charge in [0.2, 0.25) is 5.91 Å². The first-order valence-electron chi connectivity index (χ1n) is 10.6. The number of hydroxylamine groups is 1. The largest absolute Gasteiger partial charge is 0.497 e. The number of ether oxygens (including phenoxy) is 1. The van der Waals surface area contributed by atoms with Gasteiger partial charge in [-0.1, -0.05) is 36.4 Å². The number of amides is 2. The molecular weight excluding hydrogens is 404 g/mol. The zero-order chi connectivity index (χ0) is 22.4. The SMILES string of the molecule is COc1ccc(N2O[C@@H]3C(=O)N(c4ccc(C)c(C)c4)C(=O)[C@@H]3[C@H]2c2ccccc2)cc1. The van der Waals surface area contributed by atoms with Crippen LogP contribution >= 0.6 is 0 Å². The van der Waals surface area contributed by atoms with E-state index in [0.29, 0.717) is 5.69 Å². The Hall–Kier alpha value is -3.64. The summed E-state index contributed by atoms with van der Waals surface area (Å²) in [7, 11) is 1.61. The van der Waals surface area contributed by atoms with Crippen LogP contribution in [0.4, 0.5) is 11.4 Å². The number of benzene rings is 3. The Bertz CT molecular complexity index is 1180. The first-order chi connectivity index (χ1) is 15.5. The topological polar surface area (TPSA) is 59.1 Å². The van der Waals surface area contributed by atoms with Crippen LogP contribution in [-0.2, 0) is 14.4 Å². The van der Waals surface area contributed by atoms with Crippen molar-refractivity contribution in [3.8, 4) is 5.75 Å². The maximum absolute atomic E-state index is 13.6. The number of fused-ring (bicyclic) bond motifs is 1. The second kappa shape index (κ2) is 7.80. The van der Waals surface area contributed by atoms with Gasteiger partial charge in [-0.3, -0.25) is 14.4 Å². The quantitative estimate of drug-likeness (QED) is 0.578. The minimum Gasteiger partial charge on any atom is -0.497 e. The highest BCUT2D eigenvalue weighted by Gasteiger charge is 2.60. The molecule has 162 valence electrons. The van der Waals surface area contributed by atoms with Crippen molar-refractivity contribution >= 4 is 23.2 Å². The Kier molecular flexibility index (Phi) is 4.94. The van der Waals surface area contributed by atoms with Gasteiger partial charge < -0.3 is 4.74 Å². The van der Waals surface area contributed by atoms with E-state index in [1.54, 1.807) is 12.2 Å². The summed E-state index contributed by atoms with van der Waals surface area (Å²) in [5.41, 5.74) is 4.40. The Balaban J connectivity index is 1.56. The van der Waals surface area contributed by atoms with Gasteiger partial charge in [-0.2, -0.15) is 0 Å². The molecule has 0 N–H and O–H groups in total. The van der Waals surface area contributed by atoms with Gasteiger partial charge >= 0.3 is 0 Å². The summed E-state index contributed by atoms with van der Waals surface area (Å²) in [4.78, 5) is 34.5. The number of rotatable bonds is 4. The van der Waals surface area contributed by atoms with E-state index < -0.39 is 18.1 Å². The molecule has 0 aromatic heterocycles. The predicted octanol–water partition coefficient (Wildman–Crippen LogP) is 4.36. The molecule has 0 spiro atoms. The molecule has 0 bridgehead atoms. The van der Waals surface area contributed by atoms with Crippen molar-refractivity contribution in [2.75, 3.05) is 17.1 Å². The Morgan fingerprint density at radius 3 is 2.16 bits per heavy atom. The van der Waals surface area contributed by atoms with Crippen molar-refractivity contribution in [2.45, 2.75) is 26.0 Å². The maximum atomic E-state index is 13.6. The summed E-state index contributed by atoms with van der Waals surface area (Å²) in [5.74, 6) is -0.501. The molecule has 2 fully saturated rings. The number of carbonyl (C=O) groups is 2. The van der Waals surface area contributed by atoms with Crippen LogP contribution in [0.1, 0.15) is 22.7 Å². The van der Waals surface area contributed by atoms with E-state index in [0.717, 1.165) is 28.1 Å². The van der Waals surface area contributed by atoms with Gasteiger partial charge in [0.05, 0.1) is 24.5 Å². The van der Waals surface area contributed by atoms with Gasteiger partial charge in [-0.15, -0.1) is 0 Å². The maximum Gasteiger partial charge on any atom is 0.266 e. The lowest BCUT2D eigenvalue weighted by Gasteiger charge is -2.29. The van der Waals surface area contributed by atoms with Crippen LogP contribution in [-0.4, -0.2) is 25.0 Å². The van der Waals surface area contributed by atoms with Gasteiger partial charge in [0, 0.05) is 0 Å². The van der Waals surface area contributed by atoms with Crippen molar-refractivity contribution < 1.29 is 19.2 Å². The van der Waals surface area contributed by atoms with Crippen LogP contribution in [0.15, 0.2) is 72.8 Å². The molecule has 0 radical (unpaired) electrons. The highest BCUT2D eigenvalue weighted by molar-refractivity contribution is 6.24. The summed E-state index contributed by atoms with van der Waals surface area (Å²) in [5, 5.41) is 1.69. The van der Waals surface area contributed by atoms with Crippen molar-refractivity contribution in [1.29, 1.82) is 0 Å². The van der Waals surface area contributed by atoms with E-state index in [9.17, 15) is 9.59 Å². The monoisotopic (exact) mass is 428 g/mol. The molecule has 0 saturated carbocycles. The van der Waals surface area contributed by atoms with E-state index in [1.165, 1.54) is 4.90 Å². The number of hydrogen-bond donors (Lipinski definition) is 0. The molecule has 5 rings (SSSR count). The number of imide groups is 1. The number of nitrogens with zero attached hydrogens (tertiary/aromatic N) is 2. The fraction of sp³-hybridized carbons (Fsp3) is 0.231. The van der Waals surface area contributed by atoms with Gasteiger partial charge in [-0.05, 0) is 66.9 Å². The molecule has 3 aromatic rings. The second-order valence-electron chi connectivity index (χ2n) is 8.21. The Morgan fingerprint density at radius 2 is 1.50 bits per heavy atom. The Morgan fingerprint density at radius 1 is 0.812 bits per heavy atom. The third-order valence-corrected chi connectivity index (χ3v) is 6.33. The zero-order valence-electron chi connectivity index (χ0n) is 18.2. The van der Waals surface area contributed by atoms with Gasteiger partial charge in [0.1, 0.15) is 11.7 Å². The summed E-state index contributed by atoms with van der Waals surface area (Å²) in [6.07, 6.45) is -0.878. The lowest BCUT2D eigenvalue weighted by atomic mass is 9.90. The van der Waals surface area contributed by atoms with E-state index in [2.05, 4.69) is 0 Å². The molecular formula is C26H24N2O4. The van der Waals surface area contributed by atoms with Crippen LogP contribution in [0.25, 0.3) is 0 Å². The van der Waals surface area contributed by atoms with Gasteiger partial charge in [0.25, 0.3) is 5.91 Å². The zero-order valence-corrected chi connectivity index (χ0v) is 18.2. The fourth-order valence-corrected chi connectivity index (χ4v) is 4.48. The molecule has 6 heteroatoms. The molecule has 0 unspecified atom stereocenters.